The summed E-state index contributed by atoms with van der Waals surface area (Å²) in [5, 5.41) is -0.781. The summed E-state index contributed by atoms with van der Waals surface area (Å²) in [6.07, 6.45) is 0. The molecule has 72 valence electrons. The first-order valence-corrected chi connectivity index (χ1v) is 5.63. The molecular weight excluding hydrogens is 232 g/mol. The average Bonchev–Trinajstić information content (AvgIpc) is 2.49. The van der Waals surface area contributed by atoms with Crippen LogP contribution in [0, 0.1) is 0 Å². The van der Waals surface area contributed by atoms with Crippen molar-refractivity contribution in [1.29, 1.82) is 0 Å². The Morgan fingerprint density at radius 3 is 2.36 bits per heavy atom. The molecule has 0 atom stereocenters. The Morgan fingerprint density at radius 2 is 1.86 bits per heavy atom. The van der Waals surface area contributed by atoms with Crippen LogP contribution in [-0.4, -0.2) is 18.4 Å². The molecule has 2 rings (SSSR count). The minimum atomic E-state index is -4.17. The third-order valence-corrected chi connectivity index (χ3v) is 2.76. The van der Waals surface area contributed by atoms with E-state index in [9.17, 15) is 18.0 Å². The second kappa shape index (κ2) is 2.58. The van der Waals surface area contributed by atoms with E-state index in [0.29, 0.717) is 0 Å². The number of hydrogen-bond donors (Lipinski definition) is 0. The molecule has 0 fully saturated rings. The fraction of sp³-hybridized carbons (Fsp3) is 0. The first kappa shape index (κ1) is 9.22. The van der Waals surface area contributed by atoms with Crippen LogP contribution in [0.5, 0.6) is 0 Å². The van der Waals surface area contributed by atoms with E-state index in [2.05, 4.69) is 9.97 Å². The first-order valence-electron chi connectivity index (χ1n) is 3.32. The zero-order valence-electron chi connectivity index (χ0n) is 6.39. The predicted molar refractivity (Wildman–Crippen MR) is 46.6 cm³/mol. The van der Waals surface area contributed by atoms with Gasteiger partial charge in [-0.2, -0.15) is 0 Å². The number of hydrogen-bond acceptors (Lipinski definition) is 6. The van der Waals surface area contributed by atoms with E-state index >= 15 is 0 Å². The molecule has 0 aromatic heterocycles. The van der Waals surface area contributed by atoms with Crippen LogP contribution in [0.2, 0.25) is 0 Å². The normalized spacial score (nSPS) is 12.4. The van der Waals surface area contributed by atoms with Crippen molar-refractivity contribution in [1.82, 2.24) is 9.97 Å². The van der Waals surface area contributed by atoms with Gasteiger partial charge in [-0.25, -0.2) is 18.4 Å². The van der Waals surface area contributed by atoms with E-state index in [0.717, 1.165) is 6.07 Å². The van der Waals surface area contributed by atoms with Gasteiger partial charge in [0.05, 0.1) is 0 Å². The highest BCUT2D eigenvalue weighted by molar-refractivity contribution is 8.13. The highest BCUT2D eigenvalue weighted by Crippen LogP contribution is 2.17. The molecule has 0 aromatic rings. The lowest BCUT2D eigenvalue weighted by Gasteiger charge is -1.82. The van der Waals surface area contributed by atoms with Crippen molar-refractivity contribution < 1.29 is 8.42 Å². The van der Waals surface area contributed by atoms with Gasteiger partial charge in [-0.1, -0.05) is 0 Å². The summed E-state index contributed by atoms with van der Waals surface area (Å²) in [6.45, 7) is 0. The summed E-state index contributed by atoms with van der Waals surface area (Å²) in [6, 6.07) is 0.975. The van der Waals surface area contributed by atoms with Gasteiger partial charge in [0, 0.05) is 16.7 Å². The van der Waals surface area contributed by atoms with Crippen LogP contribution in [0.1, 0.15) is 0 Å². The second-order valence-electron chi connectivity index (χ2n) is 2.51. The molecule has 6 nitrogen and oxygen atoms in total. The molecule has 0 aromatic carbocycles. The van der Waals surface area contributed by atoms with Gasteiger partial charge >= 0.3 is 0 Å². The van der Waals surface area contributed by atoms with Gasteiger partial charge in [0.15, 0.2) is 0 Å². The maximum Gasteiger partial charge on any atom is 0.282 e. The van der Waals surface area contributed by atoms with Crippen molar-refractivity contribution in [3.05, 3.63) is 26.6 Å². The lowest BCUT2D eigenvalue weighted by Crippen LogP contribution is -2.09. The molecule has 0 bridgehead atoms. The molecule has 0 spiro atoms. The van der Waals surface area contributed by atoms with Crippen LogP contribution in [0.15, 0.2) is 20.7 Å². The molecule has 0 unspecified atom stereocenters. The summed E-state index contributed by atoms with van der Waals surface area (Å²) in [5.41, 5.74) is -1.86. The van der Waals surface area contributed by atoms with Gasteiger partial charge in [0.1, 0.15) is 11.4 Å². The van der Waals surface area contributed by atoms with Crippen LogP contribution in [0.25, 0.3) is 11.4 Å². The molecule has 2 aliphatic rings. The van der Waals surface area contributed by atoms with Crippen LogP contribution in [-0.2, 0) is 9.05 Å². The number of rotatable bonds is 1. The lowest BCUT2D eigenvalue weighted by atomic mass is 10.4. The third kappa shape index (κ3) is 1.21. The molecule has 0 saturated heterocycles. The van der Waals surface area contributed by atoms with Crippen LogP contribution >= 0.6 is 10.7 Å². The number of fused-ring (bicyclic) bond motifs is 1. The molecule has 0 amide bonds. The zero-order valence-corrected chi connectivity index (χ0v) is 7.96. The van der Waals surface area contributed by atoms with Gasteiger partial charge in [-0.15, -0.1) is 0 Å². The van der Waals surface area contributed by atoms with E-state index in [1.807, 2.05) is 0 Å². The molecule has 0 aliphatic carbocycles. The van der Waals surface area contributed by atoms with E-state index in [1.165, 1.54) is 0 Å². The topological polar surface area (TPSA) is 94.1 Å². The summed E-state index contributed by atoms with van der Waals surface area (Å²) in [5.74, 6) is 0. The number of halogens is 1. The fourth-order valence-corrected chi connectivity index (χ4v) is 1.90. The Hall–Kier alpha value is -1.34. The standard InChI is InChI=1S/C6HClN2O4S/c7-14(12,13)6-5(11)4-2(8-6)1-3(10)9-4/h1H. The van der Waals surface area contributed by atoms with Gasteiger partial charge in [0.25, 0.3) is 14.6 Å². The summed E-state index contributed by atoms with van der Waals surface area (Å²) in [4.78, 5) is 28.7. The zero-order chi connectivity index (χ0) is 10.5. The van der Waals surface area contributed by atoms with Crippen LogP contribution in [0.4, 0.5) is 0 Å². The van der Waals surface area contributed by atoms with Crippen molar-refractivity contribution in [2.45, 2.75) is 5.03 Å². The third-order valence-electron chi connectivity index (χ3n) is 1.59. The van der Waals surface area contributed by atoms with Crippen molar-refractivity contribution in [2.75, 3.05) is 0 Å². The molecular formula is C6HClN2O4S. The SMILES string of the molecule is O=c1cc2nc(S(=O)(=O)Cl)c(=O)c-2n1. The van der Waals surface area contributed by atoms with Crippen molar-refractivity contribution >= 4 is 19.7 Å². The fourth-order valence-electron chi connectivity index (χ4n) is 1.06. The van der Waals surface area contributed by atoms with Crippen molar-refractivity contribution in [2.24, 2.45) is 0 Å². The Labute approximate surface area is 81.6 Å². The Morgan fingerprint density at radius 1 is 1.21 bits per heavy atom. The minimum Gasteiger partial charge on any atom is -0.284 e. The van der Waals surface area contributed by atoms with Crippen molar-refractivity contribution in [3.8, 4) is 11.4 Å². The number of aromatic nitrogens is 2. The largest absolute Gasteiger partial charge is 0.284 e. The van der Waals surface area contributed by atoms with Gasteiger partial charge in [-0.05, 0) is 0 Å². The molecule has 2 heterocycles. The lowest BCUT2D eigenvalue weighted by molar-refractivity contribution is 0.606. The van der Waals surface area contributed by atoms with Gasteiger partial charge in [0.2, 0.25) is 10.5 Å². The maximum absolute atomic E-state index is 11.3. The predicted octanol–water partition coefficient (Wildman–Crippen LogP) is -0.895. The number of nitrogens with zero attached hydrogens (tertiary/aromatic N) is 2. The molecule has 8 heteroatoms. The average molecular weight is 233 g/mol. The second-order valence-corrected chi connectivity index (χ2v) is 4.99. The minimum absolute atomic E-state index is 0.0424. The van der Waals surface area contributed by atoms with Gasteiger partial charge in [-0.3, -0.25) is 9.59 Å². The van der Waals surface area contributed by atoms with E-state index in [1.54, 1.807) is 0 Å². The summed E-state index contributed by atoms with van der Waals surface area (Å²) in [7, 11) is 0.764. The monoisotopic (exact) mass is 232 g/mol. The van der Waals surface area contributed by atoms with Crippen LogP contribution in [0.3, 0.4) is 0 Å². The Kier molecular flexibility index (Phi) is 1.70. The van der Waals surface area contributed by atoms with Crippen LogP contribution < -0.4 is 11.0 Å². The van der Waals surface area contributed by atoms with E-state index in [-0.39, 0.29) is 11.4 Å². The molecule has 0 radical (unpaired) electrons. The highest BCUT2D eigenvalue weighted by Gasteiger charge is 2.27. The quantitative estimate of drug-likeness (QED) is 0.592. The molecule has 14 heavy (non-hydrogen) atoms. The van der Waals surface area contributed by atoms with Gasteiger partial charge < -0.3 is 0 Å². The summed E-state index contributed by atoms with van der Waals surface area (Å²) < 4.78 is 21.6. The Bertz CT molecular complexity index is 655. The smallest absolute Gasteiger partial charge is 0.282 e. The van der Waals surface area contributed by atoms with E-state index < -0.39 is 25.1 Å². The highest BCUT2D eigenvalue weighted by atomic mass is 35.7. The molecule has 0 N–H and O–H groups in total. The summed E-state index contributed by atoms with van der Waals surface area (Å²) >= 11 is 0. The maximum atomic E-state index is 11.3. The molecule has 0 saturated carbocycles. The first-order chi connectivity index (χ1) is 6.39. The van der Waals surface area contributed by atoms with E-state index in [4.69, 9.17) is 10.7 Å². The Balaban J connectivity index is 2.91. The van der Waals surface area contributed by atoms with Crippen molar-refractivity contribution in [3.63, 3.8) is 0 Å². The molecule has 2 aliphatic heterocycles.